The van der Waals surface area contributed by atoms with Gasteiger partial charge in [-0.1, -0.05) is 32.9 Å². The Kier molecular flexibility index (Phi) is 12.0. The zero-order valence-corrected chi connectivity index (χ0v) is 17.9. The summed E-state index contributed by atoms with van der Waals surface area (Å²) in [6, 6.07) is 7.60. The summed E-state index contributed by atoms with van der Waals surface area (Å²) in [5, 5.41) is 18.9. The van der Waals surface area contributed by atoms with Crippen LogP contribution in [0.25, 0.3) is 0 Å². The fraction of sp³-hybridized carbons (Fsp3) is 0.636. The van der Waals surface area contributed by atoms with Crippen LogP contribution in [-0.2, 0) is 6.54 Å². The van der Waals surface area contributed by atoms with Crippen LogP contribution in [0.1, 0.15) is 62.9 Å². The van der Waals surface area contributed by atoms with Gasteiger partial charge in [0.15, 0.2) is 5.96 Å². The number of aliphatic hydroxyl groups is 1. The number of aliphatic hydroxyl groups excluding tert-OH is 1. The Bertz CT molecular complexity index is 602. The van der Waals surface area contributed by atoms with Gasteiger partial charge in [-0.15, -0.1) is 0 Å². The summed E-state index contributed by atoms with van der Waals surface area (Å²) in [5.41, 5.74) is 1.66. The summed E-state index contributed by atoms with van der Waals surface area (Å²) >= 11 is 0. The predicted octanol–water partition coefficient (Wildman–Crippen LogP) is 2.93. The van der Waals surface area contributed by atoms with Gasteiger partial charge in [-0.3, -0.25) is 4.79 Å². The van der Waals surface area contributed by atoms with E-state index in [2.05, 4.69) is 34.8 Å². The quantitative estimate of drug-likeness (QED) is 0.326. The van der Waals surface area contributed by atoms with Crippen LogP contribution in [0.3, 0.4) is 0 Å². The Morgan fingerprint density at radius 2 is 1.96 bits per heavy atom. The SMILES string of the molecule is CCCNC(=O)c1cccc(CN=C(NCC)NCC(CCO)CC(C)C)c1. The van der Waals surface area contributed by atoms with Gasteiger partial charge in [0.25, 0.3) is 5.91 Å². The van der Waals surface area contributed by atoms with Crippen LogP contribution in [0.15, 0.2) is 29.3 Å². The van der Waals surface area contributed by atoms with Crippen molar-refractivity contribution in [2.75, 3.05) is 26.2 Å². The molecule has 1 aromatic carbocycles. The first-order valence-corrected chi connectivity index (χ1v) is 10.5. The maximum atomic E-state index is 12.1. The van der Waals surface area contributed by atoms with Crippen LogP contribution in [0.5, 0.6) is 0 Å². The molecule has 0 spiro atoms. The number of hydrogen-bond acceptors (Lipinski definition) is 3. The number of guanidine groups is 1. The first-order valence-electron chi connectivity index (χ1n) is 10.5. The van der Waals surface area contributed by atoms with Crippen molar-refractivity contribution < 1.29 is 9.90 Å². The average Bonchev–Trinajstić information content (AvgIpc) is 2.68. The van der Waals surface area contributed by atoms with Crippen molar-refractivity contribution in [3.8, 4) is 0 Å². The Balaban J connectivity index is 2.71. The molecular weight excluding hydrogens is 352 g/mol. The molecule has 0 aromatic heterocycles. The standard InChI is InChI=1S/C22H38N4O2/c1-5-11-24-21(28)20-9-7-8-18(14-20)15-25-22(23-6-2)26-16-19(10-12-27)13-17(3)4/h7-9,14,17,19,27H,5-6,10-13,15-16H2,1-4H3,(H,24,28)(H2,23,25,26). The van der Waals surface area contributed by atoms with Crippen molar-refractivity contribution in [3.63, 3.8) is 0 Å². The molecule has 28 heavy (non-hydrogen) atoms. The minimum absolute atomic E-state index is 0.0433. The predicted molar refractivity (Wildman–Crippen MR) is 117 cm³/mol. The van der Waals surface area contributed by atoms with Gasteiger partial charge in [0, 0.05) is 31.8 Å². The van der Waals surface area contributed by atoms with Crippen LogP contribution in [0.2, 0.25) is 0 Å². The van der Waals surface area contributed by atoms with Crippen LogP contribution in [0.4, 0.5) is 0 Å². The first kappa shape index (κ1) is 24.0. The zero-order chi connectivity index (χ0) is 20.8. The molecule has 1 rings (SSSR count). The van der Waals surface area contributed by atoms with Crippen molar-refractivity contribution in [1.29, 1.82) is 0 Å². The van der Waals surface area contributed by atoms with E-state index in [1.807, 2.05) is 38.1 Å². The molecule has 1 atom stereocenters. The number of carbonyl (C=O) groups is 1. The summed E-state index contributed by atoms with van der Waals surface area (Å²) in [6.45, 7) is 11.4. The van der Waals surface area contributed by atoms with E-state index in [0.29, 0.717) is 30.5 Å². The molecule has 0 bridgehead atoms. The van der Waals surface area contributed by atoms with Crippen molar-refractivity contribution in [1.82, 2.24) is 16.0 Å². The Morgan fingerprint density at radius 1 is 1.18 bits per heavy atom. The summed E-state index contributed by atoms with van der Waals surface area (Å²) in [4.78, 5) is 16.8. The third kappa shape index (κ3) is 9.74. The highest BCUT2D eigenvalue weighted by Gasteiger charge is 2.11. The van der Waals surface area contributed by atoms with Crippen LogP contribution in [0, 0.1) is 11.8 Å². The molecule has 6 heteroatoms. The average molecular weight is 391 g/mol. The molecule has 0 fully saturated rings. The van der Waals surface area contributed by atoms with E-state index in [1.165, 1.54) is 0 Å². The van der Waals surface area contributed by atoms with E-state index in [0.717, 1.165) is 43.9 Å². The third-order valence-electron chi connectivity index (χ3n) is 4.39. The molecule has 0 aliphatic heterocycles. The monoisotopic (exact) mass is 390 g/mol. The number of carbonyl (C=O) groups excluding carboxylic acids is 1. The van der Waals surface area contributed by atoms with Gasteiger partial charge in [0.1, 0.15) is 0 Å². The molecule has 1 aromatic rings. The van der Waals surface area contributed by atoms with E-state index >= 15 is 0 Å². The van der Waals surface area contributed by atoms with Gasteiger partial charge >= 0.3 is 0 Å². The molecule has 0 radical (unpaired) electrons. The highest BCUT2D eigenvalue weighted by Crippen LogP contribution is 2.14. The number of rotatable bonds is 12. The summed E-state index contributed by atoms with van der Waals surface area (Å²) in [7, 11) is 0. The normalized spacial score (nSPS) is 12.7. The van der Waals surface area contributed by atoms with Crippen LogP contribution < -0.4 is 16.0 Å². The number of nitrogens with zero attached hydrogens (tertiary/aromatic N) is 1. The maximum absolute atomic E-state index is 12.1. The Morgan fingerprint density at radius 3 is 2.61 bits per heavy atom. The molecule has 0 heterocycles. The van der Waals surface area contributed by atoms with E-state index in [1.54, 1.807) is 0 Å². The van der Waals surface area contributed by atoms with Crippen molar-refractivity contribution in [3.05, 3.63) is 35.4 Å². The van der Waals surface area contributed by atoms with Crippen LogP contribution >= 0.6 is 0 Å². The fourth-order valence-electron chi connectivity index (χ4n) is 3.06. The van der Waals surface area contributed by atoms with Gasteiger partial charge in [0.05, 0.1) is 6.54 Å². The number of amides is 1. The summed E-state index contributed by atoms with van der Waals surface area (Å²) < 4.78 is 0. The highest BCUT2D eigenvalue weighted by atomic mass is 16.3. The second-order valence-electron chi connectivity index (χ2n) is 7.54. The largest absolute Gasteiger partial charge is 0.396 e. The van der Waals surface area contributed by atoms with Crippen molar-refractivity contribution >= 4 is 11.9 Å². The number of aliphatic imine (C=N–C) groups is 1. The lowest BCUT2D eigenvalue weighted by molar-refractivity contribution is 0.0953. The minimum atomic E-state index is -0.0433. The molecule has 0 aliphatic carbocycles. The van der Waals surface area contributed by atoms with Gasteiger partial charge in [-0.2, -0.15) is 0 Å². The van der Waals surface area contributed by atoms with Gasteiger partial charge in [-0.25, -0.2) is 4.99 Å². The minimum Gasteiger partial charge on any atom is -0.396 e. The Hall–Kier alpha value is -2.08. The van der Waals surface area contributed by atoms with Gasteiger partial charge < -0.3 is 21.1 Å². The number of nitrogens with one attached hydrogen (secondary N) is 3. The first-order chi connectivity index (χ1) is 13.5. The van der Waals surface area contributed by atoms with Crippen molar-refractivity contribution in [2.45, 2.75) is 53.5 Å². The number of hydrogen-bond donors (Lipinski definition) is 4. The van der Waals surface area contributed by atoms with Crippen molar-refractivity contribution in [2.24, 2.45) is 16.8 Å². The fourth-order valence-corrected chi connectivity index (χ4v) is 3.06. The molecule has 0 aliphatic rings. The molecule has 0 saturated carbocycles. The third-order valence-corrected chi connectivity index (χ3v) is 4.39. The highest BCUT2D eigenvalue weighted by molar-refractivity contribution is 5.94. The second kappa shape index (κ2) is 14.0. The smallest absolute Gasteiger partial charge is 0.251 e. The molecule has 4 N–H and O–H groups in total. The van der Waals surface area contributed by atoms with Crippen LogP contribution in [-0.4, -0.2) is 43.2 Å². The lowest BCUT2D eigenvalue weighted by Crippen LogP contribution is -2.40. The van der Waals surface area contributed by atoms with E-state index in [4.69, 9.17) is 0 Å². The molecule has 6 nitrogen and oxygen atoms in total. The lowest BCUT2D eigenvalue weighted by Gasteiger charge is -2.20. The Labute approximate surface area is 170 Å². The number of benzene rings is 1. The lowest BCUT2D eigenvalue weighted by atomic mass is 9.94. The summed E-state index contributed by atoms with van der Waals surface area (Å²) in [5.74, 6) is 1.73. The molecule has 1 amide bonds. The summed E-state index contributed by atoms with van der Waals surface area (Å²) in [6.07, 6.45) is 2.78. The van der Waals surface area contributed by atoms with E-state index in [9.17, 15) is 9.90 Å². The van der Waals surface area contributed by atoms with Gasteiger partial charge in [0.2, 0.25) is 0 Å². The van der Waals surface area contributed by atoms with Gasteiger partial charge in [-0.05, 0) is 55.7 Å². The topological polar surface area (TPSA) is 85.8 Å². The van der Waals surface area contributed by atoms with E-state index < -0.39 is 0 Å². The molecule has 158 valence electrons. The second-order valence-corrected chi connectivity index (χ2v) is 7.54. The maximum Gasteiger partial charge on any atom is 0.251 e. The molecule has 0 saturated heterocycles. The molecule has 1 unspecified atom stereocenters. The molecular formula is C22H38N4O2. The van der Waals surface area contributed by atoms with E-state index in [-0.39, 0.29) is 12.5 Å². The zero-order valence-electron chi connectivity index (χ0n) is 17.9.